The van der Waals surface area contributed by atoms with Crippen LogP contribution in [-0.4, -0.2) is 32.3 Å². The molecular weight excluding hydrogens is 345 g/mol. The van der Waals surface area contributed by atoms with Gasteiger partial charge in [0.25, 0.3) is 0 Å². The van der Waals surface area contributed by atoms with Gasteiger partial charge >= 0.3 is 0 Å². The van der Waals surface area contributed by atoms with E-state index in [0.717, 1.165) is 21.9 Å². The number of pyridine rings is 1. The summed E-state index contributed by atoms with van der Waals surface area (Å²) in [6.45, 7) is 4.16. The molecule has 0 aliphatic rings. The standard InChI is InChI=1S/C18H16FN5O.C2H6/c1-22(12-7-8-16(19)20-9-12)17(25)11-24-14-6-4-3-5-13(14)18-15(24)10-21-23(18)2;1-2/h3-10H,11H2,1-2H3;1-2H3. The van der Waals surface area contributed by atoms with Crippen LogP contribution < -0.4 is 4.90 Å². The maximum absolute atomic E-state index is 13.0. The lowest BCUT2D eigenvalue weighted by Gasteiger charge is -2.17. The number of hydrogen-bond acceptors (Lipinski definition) is 3. The molecule has 4 aromatic rings. The van der Waals surface area contributed by atoms with Crippen LogP contribution in [-0.2, 0) is 18.4 Å². The molecule has 0 atom stereocenters. The van der Waals surface area contributed by atoms with Crippen molar-refractivity contribution < 1.29 is 9.18 Å². The van der Waals surface area contributed by atoms with Crippen molar-refractivity contribution >= 4 is 33.5 Å². The average Bonchev–Trinajstić information content (AvgIpc) is 3.22. The zero-order valence-electron chi connectivity index (χ0n) is 15.8. The van der Waals surface area contributed by atoms with E-state index < -0.39 is 5.95 Å². The van der Waals surface area contributed by atoms with Gasteiger partial charge in [-0.15, -0.1) is 0 Å². The molecular formula is C20H22FN5O. The van der Waals surface area contributed by atoms with E-state index in [0.29, 0.717) is 5.69 Å². The number of para-hydroxylation sites is 1. The molecule has 0 saturated heterocycles. The van der Waals surface area contributed by atoms with E-state index in [1.807, 2.05) is 54.4 Å². The minimum absolute atomic E-state index is 0.125. The molecule has 0 bridgehead atoms. The van der Waals surface area contributed by atoms with Gasteiger partial charge in [0.2, 0.25) is 11.9 Å². The Morgan fingerprint density at radius 2 is 1.85 bits per heavy atom. The predicted molar refractivity (Wildman–Crippen MR) is 105 cm³/mol. The Labute approximate surface area is 156 Å². The molecule has 0 aliphatic carbocycles. The van der Waals surface area contributed by atoms with E-state index >= 15 is 0 Å². The Balaban J connectivity index is 0.00000102. The first-order chi connectivity index (χ1) is 13.1. The van der Waals surface area contributed by atoms with E-state index in [4.69, 9.17) is 0 Å². The highest BCUT2D eigenvalue weighted by Gasteiger charge is 2.18. The SMILES string of the molecule is CC.CN(C(=O)Cn1c2ccccc2c2c1cnn2C)c1ccc(F)nc1. The summed E-state index contributed by atoms with van der Waals surface area (Å²) in [5.41, 5.74) is 3.42. The first-order valence-electron chi connectivity index (χ1n) is 8.83. The number of rotatable bonds is 3. The van der Waals surface area contributed by atoms with Crippen molar-refractivity contribution in [3.8, 4) is 0 Å². The van der Waals surface area contributed by atoms with Crippen LogP contribution in [0.15, 0.2) is 48.8 Å². The number of nitrogens with zero attached hydrogens (tertiary/aromatic N) is 5. The Hall–Kier alpha value is -3.22. The smallest absolute Gasteiger partial charge is 0.246 e. The summed E-state index contributed by atoms with van der Waals surface area (Å²) < 4.78 is 16.7. The molecule has 0 fully saturated rings. The highest BCUT2D eigenvalue weighted by molar-refractivity contribution is 6.07. The lowest BCUT2D eigenvalue weighted by Crippen LogP contribution is -2.30. The second kappa shape index (κ2) is 7.57. The summed E-state index contributed by atoms with van der Waals surface area (Å²) in [7, 11) is 3.54. The number of benzene rings is 1. The van der Waals surface area contributed by atoms with Gasteiger partial charge in [-0.25, -0.2) is 4.98 Å². The van der Waals surface area contributed by atoms with Gasteiger partial charge in [0.05, 0.1) is 34.6 Å². The Morgan fingerprint density at radius 1 is 1.11 bits per heavy atom. The van der Waals surface area contributed by atoms with E-state index in [1.54, 1.807) is 13.2 Å². The van der Waals surface area contributed by atoms with E-state index in [-0.39, 0.29) is 12.5 Å². The van der Waals surface area contributed by atoms with Crippen LogP contribution in [0, 0.1) is 5.95 Å². The average molecular weight is 367 g/mol. The first-order valence-corrected chi connectivity index (χ1v) is 8.83. The molecule has 7 heteroatoms. The Bertz CT molecular complexity index is 1080. The van der Waals surface area contributed by atoms with Crippen molar-refractivity contribution in [2.24, 2.45) is 7.05 Å². The maximum Gasteiger partial charge on any atom is 0.246 e. The number of fused-ring (bicyclic) bond motifs is 3. The van der Waals surface area contributed by atoms with Crippen LogP contribution >= 0.6 is 0 Å². The number of aromatic nitrogens is 4. The van der Waals surface area contributed by atoms with Crippen molar-refractivity contribution in [3.05, 3.63) is 54.7 Å². The number of aryl methyl sites for hydroxylation is 1. The second-order valence-corrected chi connectivity index (χ2v) is 5.90. The quantitative estimate of drug-likeness (QED) is 0.518. The van der Waals surface area contributed by atoms with Crippen molar-refractivity contribution in [1.82, 2.24) is 19.3 Å². The topological polar surface area (TPSA) is 56.0 Å². The summed E-state index contributed by atoms with van der Waals surface area (Å²) in [5.74, 6) is -0.696. The van der Waals surface area contributed by atoms with Gasteiger partial charge in [-0.3, -0.25) is 9.48 Å². The van der Waals surface area contributed by atoms with Crippen LogP contribution in [0.3, 0.4) is 0 Å². The Kier molecular flexibility index (Phi) is 5.21. The van der Waals surface area contributed by atoms with Gasteiger partial charge in [0.1, 0.15) is 6.54 Å². The van der Waals surface area contributed by atoms with Gasteiger partial charge < -0.3 is 9.47 Å². The number of carbonyl (C=O) groups excluding carboxylic acids is 1. The number of hydrogen-bond donors (Lipinski definition) is 0. The molecule has 0 saturated carbocycles. The maximum atomic E-state index is 13.0. The fourth-order valence-corrected chi connectivity index (χ4v) is 3.10. The van der Waals surface area contributed by atoms with Crippen molar-refractivity contribution in [1.29, 1.82) is 0 Å². The van der Waals surface area contributed by atoms with E-state index in [2.05, 4.69) is 10.1 Å². The number of carbonyl (C=O) groups is 1. The molecule has 27 heavy (non-hydrogen) atoms. The third-order valence-corrected chi connectivity index (χ3v) is 4.43. The zero-order valence-corrected chi connectivity index (χ0v) is 15.8. The number of anilines is 1. The van der Waals surface area contributed by atoms with Crippen LogP contribution in [0.25, 0.3) is 21.9 Å². The molecule has 0 radical (unpaired) electrons. The molecule has 0 aliphatic heterocycles. The van der Waals surface area contributed by atoms with E-state index in [9.17, 15) is 9.18 Å². The number of halogens is 1. The first kappa shape index (κ1) is 18.6. The fraction of sp³-hybridized carbons (Fsp3) is 0.250. The lowest BCUT2D eigenvalue weighted by molar-refractivity contribution is -0.118. The zero-order chi connectivity index (χ0) is 19.6. The summed E-state index contributed by atoms with van der Waals surface area (Å²) in [4.78, 5) is 17.8. The van der Waals surface area contributed by atoms with Crippen LogP contribution in [0.1, 0.15) is 13.8 Å². The van der Waals surface area contributed by atoms with E-state index in [1.165, 1.54) is 23.2 Å². The highest BCUT2D eigenvalue weighted by Crippen LogP contribution is 2.28. The van der Waals surface area contributed by atoms with Gasteiger partial charge in [-0.1, -0.05) is 32.0 Å². The minimum atomic E-state index is -0.571. The molecule has 0 N–H and O–H groups in total. The molecule has 1 aromatic carbocycles. The monoisotopic (exact) mass is 367 g/mol. The van der Waals surface area contributed by atoms with Gasteiger partial charge in [-0.05, 0) is 18.2 Å². The summed E-state index contributed by atoms with van der Waals surface area (Å²) in [6, 6.07) is 10.7. The van der Waals surface area contributed by atoms with Crippen molar-refractivity contribution in [3.63, 3.8) is 0 Å². The highest BCUT2D eigenvalue weighted by atomic mass is 19.1. The molecule has 3 aromatic heterocycles. The van der Waals surface area contributed by atoms with Crippen molar-refractivity contribution in [2.75, 3.05) is 11.9 Å². The third-order valence-electron chi connectivity index (χ3n) is 4.43. The molecule has 0 unspecified atom stereocenters. The number of amides is 1. The molecule has 1 amide bonds. The van der Waals surface area contributed by atoms with Crippen molar-refractivity contribution in [2.45, 2.75) is 20.4 Å². The van der Waals surface area contributed by atoms with Crippen LogP contribution in [0.5, 0.6) is 0 Å². The van der Waals surface area contributed by atoms with Crippen LogP contribution in [0.4, 0.5) is 10.1 Å². The predicted octanol–water partition coefficient (Wildman–Crippen LogP) is 3.75. The Morgan fingerprint density at radius 3 is 2.56 bits per heavy atom. The molecule has 3 heterocycles. The molecule has 4 rings (SSSR count). The van der Waals surface area contributed by atoms with Gasteiger partial charge in [0.15, 0.2) is 0 Å². The lowest BCUT2D eigenvalue weighted by atomic mass is 10.2. The second-order valence-electron chi connectivity index (χ2n) is 5.90. The third kappa shape index (κ3) is 3.28. The summed E-state index contributed by atoms with van der Waals surface area (Å²) in [5, 5.41) is 5.36. The van der Waals surface area contributed by atoms with Crippen LogP contribution in [0.2, 0.25) is 0 Å². The normalized spacial score (nSPS) is 10.7. The molecule has 6 nitrogen and oxygen atoms in total. The minimum Gasteiger partial charge on any atom is -0.328 e. The summed E-state index contributed by atoms with van der Waals surface area (Å²) in [6.07, 6.45) is 3.11. The molecule has 0 spiro atoms. The fourth-order valence-electron chi connectivity index (χ4n) is 3.10. The summed E-state index contributed by atoms with van der Waals surface area (Å²) >= 11 is 0. The largest absolute Gasteiger partial charge is 0.328 e. The molecule has 140 valence electrons. The van der Waals surface area contributed by atoms with Gasteiger partial charge in [-0.2, -0.15) is 9.49 Å². The van der Waals surface area contributed by atoms with Gasteiger partial charge in [0, 0.05) is 19.5 Å². The number of likely N-dealkylation sites (N-methyl/N-ethyl adjacent to an activating group) is 1.